The minimum absolute atomic E-state index is 0.115. The topological polar surface area (TPSA) is 244 Å². The number of rotatable bonds is 19. The number of aliphatic hydroxyl groups is 4. The minimum Gasteiger partial charge on any atom is -0.481 e. The van der Waals surface area contributed by atoms with E-state index in [1.165, 1.54) is 0 Å². The number of aliphatic hydroxyl groups excluding tert-OH is 4. The fourth-order valence-corrected chi connectivity index (χ4v) is 4.57. The summed E-state index contributed by atoms with van der Waals surface area (Å²) in [5.74, 6) is -4.05. The van der Waals surface area contributed by atoms with Crippen LogP contribution >= 0.6 is 0 Å². The van der Waals surface area contributed by atoms with Gasteiger partial charge in [0.15, 0.2) is 6.10 Å². The van der Waals surface area contributed by atoms with Crippen LogP contribution in [0.25, 0.3) is 0 Å². The first-order valence-corrected chi connectivity index (χ1v) is 15.7. The normalized spacial score (nSPS) is 16.1. The number of aliphatic carboxylic acids is 1. The van der Waals surface area contributed by atoms with Crippen molar-refractivity contribution in [2.24, 2.45) is 5.92 Å². The molecule has 0 saturated carbocycles. The summed E-state index contributed by atoms with van der Waals surface area (Å²) < 4.78 is 5.26. The molecule has 0 aliphatic heterocycles. The molecule has 0 radical (unpaired) electrons. The van der Waals surface area contributed by atoms with E-state index in [0.717, 1.165) is 6.42 Å². The van der Waals surface area contributed by atoms with Crippen LogP contribution < -0.4 is 21.3 Å². The van der Waals surface area contributed by atoms with Crippen LogP contribution in [-0.2, 0) is 23.9 Å². The molecule has 1 aromatic rings. The summed E-state index contributed by atoms with van der Waals surface area (Å²) in [5, 5.41) is 60.9. The van der Waals surface area contributed by atoms with E-state index < -0.39 is 90.9 Å². The second-order valence-corrected chi connectivity index (χ2v) is 12.8. The van der Waals surface area contributed by atoms with E-state index in [9.17, 15) is 49.5 Å². The smallest absolute Gasteiger partial charge is 0.408 e. The number of alkyl carbamates (subject to hydrolysis) is 1. The lowest BCUT2D eigenvalue weighted by Gasteiger charge is -2.31. The van der Waals surface area contributed by atoms with Crippen molar-refractivity contribution in [3.8, 4) is 0 Å². The van der Waals surface area contributed by atoms with Gasteiger partial charge in [-0.05, 0) is 45.1 Å². The van der Waals surface area contributed by atoms with Crippen molar-refractivity contribution >= 4 is 29.8 Å². The molecule has 266 valence electrons. The highest BCUT2D eigenvalue weighted by atomic mass is 16.6. The average molecular weight is 669 g/mol. The summed E-state index contributed by atoms with van der Waals surface area (Å²) in [6.45, 7) is 9.59. The van der Waals surface area contributed by atoms with Gasteiger partial charge in [-0.1, -0.05) is 63.9 Å². The van der Waals surface area contributed by atoms with Gasteiger partial charge in [-0.3, -0.25) is 19.2 Å². The molecular weight excluding hydrogens is 616 g/mol. The van der Waals surface area contributed by atoms with Gasteiger partial charge in [0.2, 0.25) is 11.8 Å². The maximum absolute atomic E-state index is 13.3. The summed E-state index contributed by atoms with van der Waals surface area (Å²) in [6, 6.07) is 3.18. The van der Waals surface area contributed by atoms with Crippen molar-refractivity contribution in [2.75, 3.05) is 6.61 Å². The first-order valence-electron chi connectivity index (χ1n) is 15.7. The third-order valence-electron chi connectivity index (χ3n) is 6.97. The van der Waals surface area contributed by atoms with Crippen LogP contribution in [0.3, 0.4) is 0 Å². The van der Waals surface area contributed by atoms with E-state index in [1.807, 2.05) is 6.92 Å². The monoisotopic (exact) mass is 668 g/mol. The van der Waals surface area contributed by atoms with E-state index in [2.05, 4.69) is 21.3 Å². The number of ether oxygens (including phenoxy) is 1. The molecule has 0 heterocycles. The molecule has 4 amide bonds. The number of nitrogens with one attached hydrogen (secondary N) is 4. The molecule has 15 heteroatoms. The number of hydrogen-bond donors (Lipinski definition) is 9. The second kappa shape index (κ2) is 19.8. The van der Waals surface area contributed by atoms with Gasteiger partial charge in [0.05, 0.1) is 25.1 Å². The SMILES string of the molecule is CCCC[C@H](NC(=O)OC(C)(C)C)C(=O)N[C@@H](CC(C)C)C(=O)N[C@@H](CO)[C@@H](O)[C@@H](O)[C@H](O)C(=O)N[C@@H](CC(=O)O)c1ccccc1. The summed E-state index contributed by atoms with van der Waals surface area (Å²) in [5.41, 5.74) is -0.390. The Morgan fingerprint density at radius 3 is 1.94 bits per heavy atom. The molecule has 0 aliphatic rings. The largest absolute Gasteiger partial charge is 0.481 e. The average Bonchev–Trinajstić information content (AvgIpc) is 2.98. The van der Waals surface area contributed by atoms with Gasteiger partial charge in [-0.2, -0.15) is 0 Å². The molecule has 0 aliphatic carbocycles. The molecule has 9 N–H and O–H groups in total. The Kier molecular flexibility index (Phi) is 17.3. The Labute approximate surface area is 275 Å². The number of unbranched alkanes of at least 4 members (excludes halogenated alkanes) is 1. The molecule has 15 nitrogen and oxygen atoms in total. The zero-order chi connectivity index (χ0) is 35.9. The number of carboxylic acids is 1. The lowest BCUT2D eigenvalue weighted by molar-refractivity contribution is -0.145. The van der Waals surface area contributed by atoms with E-state index in [0.29, 0.717) is 12.0 Å². The number of carbonyl (C=O) groups is 5. The predicted molar refractivity (Wildman–Crippen MR) is 171 cm³/mol. The number of carboxylic acid groups (broad SMARTS) is 1. The fraction of sp³-hybridized carbons (Fsp3) is 0.656. The van der Waals surface area contributed by atoms with Crippen molar-refractivity contribution in [3.05, 3.63) is 35.9 Å². The highest BCUT2D eigenvalue weighted by Crippen LogP contribution is 2.18. The zero-order valence-electron chi connectivity index (χ0n) is 27.9. The van der Waals surface area contributed by atoms with Gasteiger partial charge in [0.1, 0.15) is 29.9 Å². The standard InChI is InChI=1S/C32H52N4O11/c1-7-8-14-20(36-31(46)47-32(4,5)6)28(43)34-22(15-18(2)3)29(44)35-23(17-37)25(40)26(41)27(42)30(45)33-21(16-24(38)39)19-12-10-9-11-13-19/h9-13,18,20-23,25-27,37,40-42H,7-8,14-17H2,1-6H3,(H,33,45)(H,34,43)(H,35,44)(H,36,46)(H,38,39)/t20-,21-,22-,23-,25+,26+,27-/m0/s1. The van der Waals surface area contributed by atoms with Crippen LogP contribution in [0.1, 0.15) is 85.3 Å². The van der Waals surface area contributed by atoms with E-state index in [-0.39, 0.29) is 18.8 Å². The first kappa shape index (κ1) is 41.2. The van der Waals surface area contributed by atoms with Crippen molar-refractivity contribution in [2.45, 2.75) is 122 Å². The van der Waals surface area contributed by atoms with Gasteiger partial charge in [0, 0.05) is 0 Å². The molecule has 0 fully saturated rings. The van der Waals surface area contributed by atoms with Crippen LogP contribution in [-0.4, -0.2) is 104 Å². The van der Waals surface area contributed by atoms with Crippen LogP contribution in [0.5, 0.6) is 0 Å². The molecule has 0 aromatic heterocycles. The van der Waals surface area contributed by atoms with Crippen LogP contribution in [0.4, 0.5) is 4.79 Å². The number of carbonyl (C=O) groups excluding carboxylic acids is 4. The highest BCUT2D eigenvalue weighted by molar-refractivity contribution is 5.91. The van der Waals surface area contributed by atoms with Gasteiger partial charge in [-0.25, -0.2) is 4.79 Å². The predicted octanol–water partition coefficient (Wildman–Crippen LogP) is 0.493. The Balaban J connectivity index is 3.04. The van der Waals surface area contributed by atoms with E-state index >= 15 is 0 Å². The number of amides is 4. The van der Waals surface area contributed by atoms with Crippen LogP contribution in [0, 0.1) is 5.92 Å². The molecule has 47 heavy (non-hydrogen) atoms. The lowest BCUT2D eigenvalue weighted by atomic mass is 9.98. The van der Waals surface area contributed by atoms with Crippen molar-refractivity contribution in [1.29, 1.82) is 0 Å². The van der Waals surface area contributed by atoms with Gasteiger partial charge >= 0.3 is 12.1 Å². The second-order valence-electron chi connectivity index (χ2n) is 12.8. The molecule has 1 aromatic carbocycles. The van der Waals surface area contributed by atoms with Gasteiger partial charge in [-0.15, -0.1) is 0 Å². The summed E-state index contributed by atoms with van der Waals surface area (Å²) in [4.78, 5) is 63.1. The van der Waals surface area contributed by atoms with Crippen LogP contribution in [0.15, 0.2) is 30.3 Å². The first-order chi connectivity index (χ1) is 21.9. The molecule has 0 unspecified atom stereocenters. The zero-order valence-corrected chi connectivity index (χ0v) is 27.9. The maximum atomic E-state index is 13.3. The third kappa shape index (κ3) is 15.1. The molecular formula is C32H52N4O11. The van der Waals surface area contributed by atoms with E-state index in [1.54, 1.807) is 65.0 Å². The summed E-state index contributed by atoms with van der Waals surface area (Å²) >= 11 is 0. The summed E-state index contributed by atoms with van der Waals surface area (Å²) in [6.07, 6.45) is -6.21. The van der Waals surface area contributed by atoms with Gasteiger partial charge in [0.25, 0.3) is 5.91 Å². The molecule has 1 rings (SSSR count). The Morgan fingerprint density at radius 2 is 1.43 bits per heavy atom. The molecule has 0 spiro atoms. The van der Waals surface area contributed by atoms with Crippen LogP contribution in [0.2, 0.25) is 0 Å². The fourth-order valence-electron chi connectivity index (χ4n) is 4.57. The highest BCUT2D eigenvalue weighted by Gasteiger charge is 2.38. The maximum Gasteiger partial charge on any atom is 0.408 e. The Hall–Kier alpha value is -3.79. The lowest BCUT2D eigenvalue weighted by Crippen LogP contribution is -2.60. The molecule has 0 saturated heterocycles. The summed E-state index contributed by atoms with van der Waals surface area (Å²) in [7, 11) is 0. The van der Waals surface area contributed by atoms with Crippen molar-refractivity contribution < 1.29 is 54.2 Å². The number of benzene rings is 1. The van der Waals surface area contributed by atoms with Crippen molar-refractivity contribution in [1.82, 2.24) is 21.3 Å². The molecule has 0 bridgehead atoms. The third-order valence-corrected chi connectivity index (χ3v) is 6.97. The van der Waals surface area contributed by atoms with Crippen molar-refractivity contribution in [3.63, 3.8) is 0 Å². The molecule has 7 atom stereocenters. The van der Waals surface area contributed by atoms with E-state index in [4.69, 9.17) is 4.74 Å². The minimum atomic E-state index is -2.28. The quantitative estimate of drug-likeness (QED) is 0.0982. The number of hydrogen-bond acceptors (Lipinski definition) is 10. The Bertz CT molecular complexity index is 1160. The Morgan fingerprint density at radius 1 is 0.830 bits per heavy atom. The van der Waals surface area contributed by atoms with Gasteiger partial charge < -0.3 is 51.5 Å².